The van der Waals surface area contributed by atoms with Crippen molar-refractivity contribution in [3.05, 3.63) is 88.2 Å². The Morgan fingerprint density at radius 3 is 2.30 bits per heavy atom. The van der Waals surface area contributed by atoms with Gasteiger partial charge in [0, 0.05) is 18.0 Å². The van der Waals surface area contributed by atoms with Crippen molar-refractivity contribution < 1.29 is 24.1 Å². The predicted molar refractivity (Wildman–Crippen MR) is 124 cm³/mol. The molecule has 3 aromatic rings. The van der Waals surface area contributed by atoms with Crippen LogP contribution in [-0.4, -0.2) is 35.6 Å². The minimum atomic E-state index is -1.43. The van der Waals surface area contributed by atoms with E-state index in [0.717, 1.165) is 22.3 Å². The van der Waals surface area contributed by atoms with Crippen LogP contribution in [0.25, 0.3) is 11.1 Å². The van der Waals surface area contributed by atoms with E-state index in [1.54, 1.807) is 0 Å². The minimum Gasteiger partial charge on any atom is -0.449 e. The highest BCUT2D eigenvalue weighted by atomic mass is 35.5. The van der Waals surface area contributed by atoms with Gasteiger partial charge in [0.15, 0.2) is 5.82 Å². The Morgan fingerprint density at radius 2 is 1.67 bits per heavy atom. The molecule has 4 rings (SSSR count). The van der Waals surface area contributed by atoms with Gasteiger partial charge in [0.2, 0.25) is 0 Å². The molecule has 0 heterocycles. The number of ether oxygens (including phenoxy) is 1. The fourth-order valence-electron chi connectivity index (χ4n) is 4.14. The summed E-state index contributed by atoms with van der Waals surface area (Å²) in [6.07, 6.45) is -3.33. The SMILES string of the molecule is Nc1ccc(C(O)C(O)CCNC(=O)OCC2c3ccccc3-c3ccccc32)c(Cl)c1F. The summed E-state index contributed by atoms with van der Waals surface area (Å²) in [4.78, 5) is 12.2. The number of carbonyl (C=O) groups excluding carboxylic acids is 1. The molecule has 33 heavy (non-hydrogen) atoms. The Labute approximate surface area is 195 Å². The van der Waals surface area contributed by atoms with Gasteiger partial charge in [0.25, 0.3) is 0 Å². The number of hydrogen-bond acceptors (Lipinski definition) is 5. The van der Waals surface area contributed by atoms with Crippen LogP contribution in [0.1, 0.15) is 35.1 Å². The topological polar surface area (TPSA) is 105 Å². The molecule has 0 saturated heterocycles. The Balaban J connectivity index is 1.30. The number of nitrogens with one attached hydrogen (secondary N) is 1. The van der Waals surface area contributed by atoms with E-state index >= 15 is 0 Å². The van der Waals surface area contributed by atoms with Crippen molar-refractivity contribution in [2.45, 2.75) is 24.5 Å². The third-order valence-corrected chi connectivity index (χ3v) is 6.26. The summed E-state index contributed by atoms with van der Waals surface area (Å²) >= 11 is 5.88. The first-order valence-corrected chi connectivity index (χ1v) is 10.9. The van der Waals surface area contributed by atoms with Crippen LogP contribution in [0.5, 0.6) is 0 Å². The quantitative estimate of drug-likeness (QED) is 0.383. The molecule has 0 bridgehead atoms. The lowest BCUT2D eigenvalue weighted by molar-refractivity contribution is 0.0136. The predicted octanol–water partition coefficient (Wildman–Crippen LogP) is 4.38. The van der Waals surface area contributed by atoms with Crippen LogP contribution in [-0.2, 0) is 4.74 Å². The van der Waals surface area contributed by atoms with E-state index in [2.05, 4.69) is 17.4 Å². The Kier molecular flexibility index (Phi) is 6.83. The number of benzene rings is 3. The number of carbonyl (C=O) groups is 1. The van der Waals surface area contributed by atoms with E-state index in [4.69, 9.17) is 22.1 Å². The molecule has 3 aromatic carbocycles. The zero-order chi connectivity index (χ0) is 23.5. The van der Waals surface area contributed by atoms with Gasteiger partial charge < -0.3 is 26.0 Å². The molecular weight excluding hydrogens is 447 g/mol. The zero-order valence-electron chi connectivity index (χ0n) is 17.7. The van der Waals surface area contributed by atoms with E-state index < -0.39 is 24.1 Å². The van der Waals surface area contributed by atoms with Crippen molar-refractivity contribution in [1.29, 1.82) is 0 Å². The summed E-state index contributed by atoms with van der Waals surface area (Å²) in [7, 11) is 0. The fourth-order valence-corrected chi connectivity index (χ4v) is 4.43. The highest BCUT2D eigenvalue weighted by Crippen LogP contribution is 2.44. The number of rotatable bonds is 7. The molecule has 6 nitrogen and oxygen atoms in total. The van der Waals surface area contributed by atoms with E-state index in [1.807, 2.05) is 36.4 Å². The van der Waals surface area contributed by atoms with E-state index in [0.29, 0.717) is 0 Å². The monoisotopic (exact) mass is 470 g/mol. The molecule has 0 spiro atoms. The summed E-state index contributed by atoms with van der Waals surface area (Å²) < 4.78 is 19.3. The Hall–Kier alpha value is -3.13. The average molecular weight is 471 g/mol. The number of fused-ring (bicyclic) bond motifs is 3. The van der Waals surface area contributed by atoms with Crippen molar-refractivity contribution in [1.82, 2.24) is 5.32 Å². The second kappa shape index (κ2) is 9.79. The van der Waals surface area contributed by atoms with Crippen LogP contribution in [0, 0.1) is 5.82 Å². The number of alkyl carbamates (subject to hydrolysis) is 1. The standard InChI is InChI=1S/C25H24ClFN2O4/c26-22-18(9-10-20(28)23(22)27)24(31)21(30)11-12-29-25(32)33-13-19-16-7-3-1-5-14(16)15-6-2-4-8-17(15)19/h1-10,19,21,24,30-31H,11-13,28H2,(H,29,32). The second-order valence-corrected chi connectivity index (χ2v) is 8.30. The molecule has 2 atom stereocenters. The molecule has 1 aliphatic carbocycles. The van der Waals surface area contributed by atoms with Gasteiger partial charge in [-0.15, -0.1) is 0 Å². The number of hydrogen-bond donors (Lipinski definition) is 4. The van der Waals surface area contributed by atoms with E-state index in [1.165, 1.54) is 12.1 Å². The highest BCUT2D eigenvalue weighted by Gasteiger charge is 2.29. The molecule has 0 fully saturated rings. The fraction of sp³-hybridized carbons (Fsp3) is 0.240. The number of halogens is 2. The van der Waals surface area contributed by atoms with Gasteiger partial charge in [-0.1, -0.05) is 66.2 Å². The normalized spacial score (nSPS) is 14.3. The Morgan fingerprint density at radius 1 is 1.06 bits per heavy atom. The van der Waals surface area contributed by atoms with Crippen LogP contribution >= 0.6 is 11.6 Å². The molecule has 0 radical (unpaired) electrons. The summed E-state index contributed by atoms with van der Waals surface area (Å²) in [5.74, 6) is -0.907. The van der Waals surface area contributed by atoms with Crippen molar-refractivity contribution >= 4 is 23.4 Å². The van der Waals surface area contributed by atoms with Crippen LogP contribution < -0.4 is 11.1 Å². The second-order valence-electron chi connectivity index (χ2n) is 7.93. The van der Waals surface area contributed by atoms with Crippen molar-refractivity contribution in [3.8, 4) is 11.1 Å². The van der Waals surface area contributed by atoms with Gasteiger partial charge in [-0.25, -0.2) is 9.18 Å². The number of amides is 1. The summed E-state index contributed by atoms with van der Waals surface area (Å²) in [5, 5.41) is 22.8. The van der Waals surface area contributed by atoms with Gasteiger partial charge in [0.1, 0.15) is 12.7 Å². The number of anilines is 1. The molecule has 8 heteroatoms. The van der Waals surface area contributed by atoms with E-state index in [-0.39, 0.29) is 41.8 Å². The Bertz CT molecular complexity index is 1130. The number of aliphatic hydroxyl groups excluding tert-OH is 2. The van der Waals surface area contributed by atoms with Gasteiger partial charge in [0.05, 0.1) is 16.8 Å². The average Bonchev–Trinajstić information content (AvgIpc) is 3.14. The first-order valence-electron chi connectivity index (χ1n) is 10.6. The molecule has 0 aromatic heterocycles. The molecule has 5 N–H and O–H groups in total. The minimum absolute atomic E-state index is 0.00763. The van der Waals surface area contributed by atoms with Crippen molar-refractivity contribution in [2.24, 2.45) is 0 Å². The van der Waals surface area contributed by atoms with E-state index in [9.17, 15) is 19.4 Å². The third kappa shape index (κ3) is 4.66. The molecule has 1 aliphatic rings. The maximum absolute atomic E-state index is 13.8. The van der Waals surface area contributed by atoms with Gasteiger partial charge in [-0.3, -0.25) is 0 Å². The lowest BCUT2D eigenvalue weighted by Gasteiger charge is -2.20. The first kappa shape index (κ1) is 23.0. The zero-order valence-corrected chi connectivity index (χ0v) is 18.4. The highest BCUT2D eigenvalue weighted by molar-refractivity contribution is 6.31. The number of nitrogens with two attached hydrogens (primary N) is 1. The van der Waals surface area contributed by atoms with Crippen LogP contribution in [0.2, 0.25) is 5.02 Å². The summed E-state index contributed by atoms with van der Waals surface area (Å²) in [5.41, 5.74) is 9.81. The lowest BCUT2D eigenvalue weighted by atomic mass is 9.98. The molecule has 0 aliphatic heterocycles. The van der Waals surface area contributed by atoms with Gasteiger partial charge >= 0.3 is 6.09 Å². The molecule has 172 valence electrons. The van der Waals surface area contributed by atoms with Gasteiger partial charge in [-0.2, -0.15) is 0 Å². The molecule has 0 saturated carbocycles. The third-order valence-electron chi connectivity index (χ3n) is 5.88. The smallest absolute Gasteiger partial charge is 0.407 e. The lowest BCUT2D eigenvalue weighted by Crippen LogP contribution is -2.30. The van der Waals surface area contributed by atoms with Crippen LogP contribution in [0.4, 0.5) is 14.9 Å². The first-order chi connectivity index (χ1) is 15.9. The number of nitrogen functional groups attached to an aromatic ring is 1. The van der Waals surface area contributed by atoms with Crippen LogP contribution in [0.3, 0.4) is 0 Å². The summed E-state index contributed by atoms with van der Waals surface area (Å²) in [6.45, 7) is 0.218. The summed E-state index contributed by atoms with van der Waals surface area (Å²) in [6, 6.07) is 18.7. The molecule has 2 unspecified atom stereocenters. The van der Waals surface area contributed by atoms with Crippen molar-refractivity contribution in [2.75, 3.05) is 18.9 Å². The molecular formula is C25H24ClFN2O4. The van der Waals surface area contributed by atoms with Crippen molar-refractivity contribution in [3.63, 3.8) is 0 Å². The maximum Gasteiger partial charge on any atom is 0.407 e. The maximum atomic E-state index is 13.8. The largest absolute Gasteiger partial charge is 0.449 e. The van der Waals surface area contributed by atoms with Gasteiger partial charge in [-0.05, 0) is 34.7 Å². The number of aliphatic hydroxyl groups is 2. The molecule has 1 amide bonds. The van der Waals surface area contributed by atoms with Crippen LogP contribution in [0.15, 0.2) is 60.7 Å².